The van der Waals surface area contributed by atoms with Gasteiger partial charge >= 0.3 is 5.97 Å². The van der Waals surface area contributed by atoms with E-state index in [0.717, 1.165) is 13.2 Å². The number of hydrogen-bond acceptors (Lipinski definition) is 5. The summed E-state index contributed by atoms with van der Waals surface area (Å²) in [5.74, 6) is -1.14. The molecule has 0 bridgehead atoms. The van der Waals surface area contributed by atoms with Crippen LogP contribution in [0.1, 0.15) is 28.9 Å². The van der Waals surface area contributed by atoms with E-state index in [1.807, 2.05) is 0 Å². The number of ether oxygens (including phenoxy) is 2. The Labute approximate surface area is 109 Å². The van der Waals surface area contributed by atoms with Gasteiger partial charge in [-0.3, -0.25) is 0 Å². The van der Waals surface area contributed by atoms with E-state index < -0.39 is 18.0 Å². The van der Waals surface area contributed by atoms with Crippen molar-refractivity contribution < 1.29 is 23.0 Å². The maximum atomic E-state index is 12.8. The molecule has 0 aliphatic heterocycles. The molecule has 0 fully saturated rings. The largest absolute Gasteiger partial charge is 0.477 e. The number of anilines is 1. The lowest BCUT2D eigenvalue weighted by atomic mass is 10.2. The van der Waals surface area contributed by atoms with Crippen molar-refractivity contribution in [3.05, 3.63) is 30.0 Å². The SMILES string of the molecule is C=CCCOc1nc(C(=O)OC)c(N)cc1C(F)F. The molecule has 104 valence electrons. The van der Waals surface area contributed by atoms with Crippen LogP contribution in [0.5, 0.6) is 5.88 Å². The highest BCUT2D eigenvalue weighted by atomic mass is 19.3. The number of hydrogen-bond donors (Lipinski definition) is 1. The second-order valence-electron chi connectivity index (χ2n) is 3.54. The Hall–Kier alpha value is -2.18. The summed E-state index contributed by atoms with van der Waals surface area (Å²) >= 11 is 0. The monoisotopic (exact) mass is 272 g/mol. The molecule has 5 nitrogen and oxygen atoms in total. The van der Waals surface area contributed by atoms with E-state index in [2.05, 4.69) is 16.3 Å². The van der Waals surface area contributed by atoms with Gasteiger partial charge in [-0.15, -0.1) is 6.58 Å². The summed E-state index contributed by atoms with van der Waals surface area (Å²) in [6.07, 6.45) is -0.775. The second kappa shape index (κ2) is 6.67. The van der Waals surface area contributed by atoms with Crippen LogP contribution in [0.15, 0.2) is 18.7 Å². The van der Waals surface area contributed by atoms with Crippen molar-refractivity contribution in [2.45, 2.75) is 12.8 Å². The average molecular weight is 272 g/mol. The Kier molecular flexibility index (Phi) is 5.23. The van der Waals surface area contributed by atoms with Crippen LogP contribution in [0.4, 0.5) is 14.5 Å². The highest BCUT2D eigenvalue weighted by molar-refractivity contribution is 5.93. The number of esters is 1. The lowest BCUT2D eigenvalue weighted by molar-refractivity contribution is 0.0593. The van der Waals surface area contributed by atoms with Crippen molar-refractivity contribution in [3.63, 3.8) is 0 Å². The zero-order chi connectivity index (χ0) is 14.4. The lowest BCUT2D eigenvalue weighted by Gasteiger charge is -2.12. The molecule has 0 aliphatic rings. The van der Waals surface area contributed by atoms with Crippen LogP contribution in [0.3, 0.4) is 0 Å². The Bertz CT molecular complexity index is 478. The van der Waals surface area contributed by atoms with Crippen LogP contribution in [0.25, 0.3) is 0 Å². The van der Waals surface area contributed by atoms with Crippen LogP contribution in [0, 0.1) is 0 Å². The fourth-order valence-corrected chi connectivity index (χ4v) is 1.30. The molecule has 0 saturated carbocycles. The van der Waals surface area contributed by atoms with E-state index >= 15 is 0 Å². The zero-order valence-corrected chi connectivity index (χ0v) is 10.4. The number of carbonyl (C=O) groups excluding carboxylic acids is 1. The minimum absolute atomic E-state index is 0.126. The number of nitrogens with zero attached hydrogens (tertiary/aromatic N) is 1. The maximum Gasteiger partial charge on any atom is 0.358 e. The lowest BCUT2D eigenvalue weighted by Crippen LogP contribution is -2.12. The van der Waals surface area contributed by atoms with Crippen LogP contribution in [0.2, 0.25) is 0 Å². The number of carbonyl (C=O) groups is 1. The van der Waals surface area contributed by atoms with Crippen molar-refractivity contribution in [2.75, 3.05) is 19.5 Å². The molecule has 0 atom stereocenters. The van der Waals surface area contributed by atoms with Gasteiger partial charge in [0.05, 0.1) is 25.0 Å². The number of aromatic nitrogens is 1. The van der Waals surface area contributed by atoms with Gasteiger partial charge in [0, 0.05) is 0 Å². The molecule has 2 N–H and O–H groups in total. The molecule has 0 saturated heterocycles. The smallest absolute Gasteiger partial charge is 0.358 e. The van der Waals surface area contributed by atoms with Crippen LogP contribution in [-0.4, -0.2) is 24.7 Å². The Morgan fingerprint density at radius 1 is 1.63 bits per heavy atom. The molecule has 0 unspecified atom stereocenters. The Morgan fingerprint density at radius 2 is 2.32 bits per heavy atom. The van der Waals surface area contributed by atoms with Gasteiger partial charge in [-0.2, -0.15) is 0 Å². The number of alkyl halides is 2. The van der Waals surface area contributed by atoms with Gasteiger partial charge in [0.1, 0.15) is 0 Å². The molecule has 1 aromatic heterocycles. The fourth-order valence-electron chi connectivity index (χ4n) is 1.30. The second-order valence-corrected chi connectivity index (χ2v) is 3.54. The van der Waals surface area contributed by atoms with Crippen molar-refractivity contribution in [1.29, 1.82) is 0 Å². The van der Waals surface area contributed by atoms with Gasteiger partial charge in [0.25, 0.3) is 6.43 Å². The van der Waals surface area contributed by atoms with E-state index in [9.17, 15) is 13.6 Å². The number of halogens is 2. The zero-order valence-electron chi connectivity index (χ0n) is 10.4. The molecule has 0 aliphatic carbocycles. The van der Waals surface area contributed by atoms with Gasteiger partial charge in [-0.1, -0.05) is 6.08 Å². The summed E-state index contributed by atoms with van der Waals surface area (Å²) in [6.45, 7) is 3.61. The molecule has 0 aromatic carbocycles. The van der Waals surface area contributed by atoms with Crippen molar-refractivity contribution in [3.8, 4) is 5.88 Å². The fraction of sp³-hybridized carbons (Fsp3) is 0.333. The molecule has 1 heterocycles. The molecule has 0 radical (unpaired) electrons. The van der Waals surface area contributed by atoms with Gasteiger partial charge < -0.3 is 15.2 Å². The summed E-state index contributed by atoms with van der Waals surface area (Å²) in [5.41, 5.74) is 4.60. The van der Waals surface area contributed by atoms with Gasteiger partial charge in [-0.25, -0.2) is 18.6 Å². The van der Waals surface area contributed by atoms with E-state index in [1.165, 1.54) is 0 Å². The van der Waals surface area contributed by atoms with Crippen LogP contribution in [-0.2, 0) is 4.74 Å². The van der Waals surface area contributed by atoms with Gasteiger partial charge in [0.15, 0.2) is 5.69 Å². The van der Waals surface area contributed by atoms with Crippen LogP contribution < -0.4 is 10.5 Å². The van der Waals surface area contributed by atoms with Gasteiger partial charge in [0.2, 0.25) is 5.88 Å². The van der Waals surface area contributed by atoms with Crippen LogP contribution >= 0.6 is 0 Å². The van der Waals surface area contributed by atoms with Crippen molar-refractivity contribution in [1.82, 2.24) is 4.98 Å². The number of nitrogen functional groups attached to an aromatic ring is 1. The Balaban J connectivity index is 3.15. The van der Waals surface area contributed by atoms with E-state index in [-0.39, 0.29) is 23.9 Å². The highest BCUT2D eigenvalue weighted by Crippen LogP contribution is 2.30. The number of pyridine rings is 1. The minimum atomic E-state index is -2.81. The summed E-state index contributed by atoms with van der Waals surface area (Å²) < 4.78 is 35.2. The first-order valence-corrected chi connectivity index (χ1v) is 5.41. The molecule has 0 spiro atoms. The predicted octanol–water partition coefficient (Wildman–Crippen LogP) is 2.34. The highest BCUT2D eigenvalue weighted by Gasteiger charge is 2.22. The number of nitrogens with two attached hydrogens (primary N) is 1. The molecule has 1 rings (SSSR count). The topological polar surface area (TPSA) is 74.4 Å². The standard InChI is InChI=1S/C12H14F2N2O3/c1-3-4-5-19-11-7(10(13)14)6-8(15)9(16-11)12(17)18-2/h3,6,10H,1,4-5,15H2,2H3. The van der Waals surface area contributed by atoms with Crippen molar-refractivity contribution in [2.24, 2.45) is 0 Å². The first kappa shape index (κ1) is 14.9. The van der Waals surface area contributed by atoms with E-state index in [1.54, 1.807) is 6.08 Å². The van der Waals surface area contributed by atoms with Crippen molar-refractivity contribution >= 4 is 11.7 Å². The summed E-state index contributed by atoms with van der Waals surface area (Å²) in [4.78, 5) is 15.1. The maximum absolute atomic E-state index is 12.8. The molecule has 0 amide bonds. The number of methoxy groups -OCH3 is 1. The third-order valence-electron chi connectivity index (χ3n) is 2.22. The third kappa shape index (κ3) is 3.64. The molecule has 1 aromatic rings. The number of rotatable bonds is 6. The quantitative estimate of drug-likeness (QED) is 0.489. The predicted molar refractivity (Wildman–Crippen MR) is 65.3 cm³/mol. The molecular formula is C12H14F2N2O3. The van der Waals surface area contributed by atoms with Gasteiger partial charge in [-0.05, 0) is 12.5 Å². The molecular weight excluding hydrogens is 258 g/mol. The van der Waals surface area contributed by atoms with E-state index in [0.29, 0.717) is 6.42 Å². The normalized spacial score (nSPS) is 10.3. The summed E-state index contributed by atoms with van der Waals surface area (Å²) in [7, 11) is 1.14. The average Bonchev–Trinajstić information content (AvgIpc) is 2.39. The van der Waals surface area contributed by atoms with E-state index in [4.69, 9.17) is 10.5 Å². The third-order valence-corrected chi connectivity index (χ3v) is 2.22. The first-order valence-electron chi connectivity index (χ1n) is 5.41. The molecule has 7 heteroatoms. The summed E-state index contributed by atoms with van der Waals surface area (Å²) in [6, 6.07) is 0.965. The minimum Gasteiger partial charge on any atom is -0.477 e. The molecule has 19 heavy (non-hydrogen) atoms. The summed E-state index contributed by atoms with van der Waals surface area (Å²) in [5, 5.41) is 0. The Morgan fingerprint density at radius 3 is 2.84 bits per heavy atom. The first-order chi connectivity index (χ1) is 9.01.